The molecule has 90 valence electrons. The molecule has 0 aliphatic heterocycles. The van der Waals surface area contributed by atoms with E-state index in [2.05, 4.69) is 42.0 Å². The molecule has 3 heteroatoms. The predicted molar refractivity (Wildman–Crippen MR) is 68.6 cm³/mol. The van der Waals surface area contributed by atoms with E-state index in [-0.39, 0.29) is 0 Å². The molecule has 0 atom stereocenters. The number of methoxy groups -OCH3 is 1. The molecule has 1 aromatic heterocycles. The third kappa shape index (κ3) is 1.79. The highest BCUT2D eigenvalue weighted by Crippen LogP contribution is 2.37. The smallest absolute Gasteiger partial charge is 0.147 e. The van der Waals surface area contributed by atoms with Crippen LogP contribution in [0.25, 0.3) is 10.9 Å². The SMILES string of the molecule is COc1cc(C(C)C)cc2cn(C3CC3)nc12. The van der Waals surface area contributed by atoms with Crippen LogP contribution in [0.3, 0.4) is 0 Å². The van der Waals surface area contributed by atoms with Crippen molar-refractivity contribution < 1.29 is 4.74 Å². The minimum absolute atomic E-state index is 0.512. The first kappa shape index (κ1) is 10.6. The molecule has 0 amide bonds. The summed E-state index contributed by atoms with van der Waals surface area (Å²) in [7, 11) is 1.72. The van der Waals surface area contributed by atoms with E-state index in [9.17, 15) is 0 Å². The van der Waals surface area contributed by atoms with Crippen molar-refractivity contribution >= 4 is 10.9 Å². The summed E-state index contributed by atoms with van der Waals surface area (Å²) in [6.07, 6.45) is 4.67. The largest absolute Gasteiger partial charge is 0.494 e. The molecule has 17 heavy (non-hydrogen) atoms. The van der Waals surface area contributed by atoms with Gasteiger partial charge < -0.3 is 4.74 Å². The van der Waals surface area contributed by atoms with E-state index in [4.69, 9.17) is 4.74 Å². The lowest BCUT2D eigenvalue weighted by Gasteiger charge is -2.08. The Hall–Kier alpha value is -1.51. The van der Waals surface area contributed by atoms with Gasteiger partial charge in [0.2, 0.25) is 0 Å². The average molecular weight is 230 g/mol. The van der Waals surface area contributed by atoms with Crippen LogP contribution in [0.5, 0.6) is 5.75 Å². The Morgan fingerprint density at radius 2 is 2.12 bits per heavy atom. The van der Waals surface area contributed by atoms with Crippen molar-refractivity contribution in [1.82, 2.24) is 9.78 Å². The minimum atomic E-state index is 0.512. The third-order valence-corrected chi connectivity index (χ3v) is 3.42. The Bertz CT molecular complexity index is 553. The average Bonchev–Trinajstić information content (AvgIpc) is 3.07. The fraction of sp³-hybridized carbons (Fsp3) is 0.500. The maximum absolute atomic E-state index is 5.46. The topological polar surface area (TPSA) is 27.1 Å². The van der Waals surface area contributed by atoms with Crippen LogP contribution in [0.2, 0.25) is 0 Å². The standard InChI is InChI=1S/C14H18N2O/c1-9(2)10-6-11-8-16(12-4-5-12)15-14(11)13(7-10)17-3/h6-9,12H,4-5H2,1-3H3. The van der Waals surface area contributed by atoms with Crippen molar-refractivity contribution in [1.29, 1.82) is 0 Å². The molecule has 0 spiro atoms. The van der Waals surface area contributed by atoms with Crippen molar-refractivity contribution in [3.05, 3.63) is 23.9 Å². The molecule has 0 bridgehead atoms. The van der Waals surface area contributed by atoms with Gasteiger partial charge in [0.15, 0.2) is 0 Å². The Morgan fingerprint density at radius 3 is 2.71 bits per heavy atom. The fourth-order valence-corrected chi connectivity index (χ4v) is 2.16. The van der Waals surface area contributed by atoms with Crippen LogP contribution >= 0.6 is 0 Å². The molecule has 0 unspecified atom stereocenters. The van der Waals surface area contributed by atoms with E-state index < -0.39 is 0 Å². The molecule has 1 fully saturated rings. The van der Waals surface area contributed by atoms with Crippen LogP contribution in [0.4, 0.5) is 0 Å². The van der Waals surface area contributed by atoms with Gasteiger partial charge in [0, 0.05) is 11.6 Å². The molecule has 3 nitrogen and oxygen atoms in total. The highest BCUT2D eigenvalue weighted by Gasteiger charge is 2.25. The highest BCUT2D eigenvalue weighted by molar-refractivity contribution is 5.85. The second-order valence-electron chi connectivity index (χ2n) is 5.16. The first-order valence-electron chi connectivity index (χ1n) is 6.26. The molecule has 1 aliphatic carbocycles. The van der Waals surface area contributed by atoms with Crippen molar-refractivity contribution in [2.75, 3.05) is 7.11 Å². The van der Waals surface area contributed by atoms with Crippen LogP contribution in [0.1, 0.15) is 44.2 Å². The second-order valence-corrected chi connectivity index (χ2v) is 5.16. The number of nitrogens with zero attached hydrogens (tertiary/aromatic N) is 2. The zero-order valence-electron chi connectivity index (χ0n) is 10.6. The van der Waals surface area contributed by atoms with Crippen molar-refractivity contribution in [3.63, 3.8) is 0 Å². The molecule has 1 saturated carbocycles. The molecular formula is C14H18N2O. The van der Waals surface area contributed by atoms with E-state index in [0.29, 0.717) is 12.0 Å². The number of hydrogen-bond donors (Lipinski definition) is 0. The number of hydrogen-bond acceptors (Lipinski definition) is 2. The third-order valence-electron chi connectivity index (χ3n) is 3.42. The number of fused-ring (bicyclic) bond motifs is 1. The molecule has 2 aromatic rings. The van der Waals surface area contributed by atoms with Crippen LogP contribution < -0.4 is 4.74 Å². The van der Waals surface area contributed by atoms with Crippen molar-refractivity contribution in [2.45, 2.75) is 38.6 Å². The maximum Gasteiger partial charge on any atom is 0.147 e. The Morgan fingerprint density at radius 1 is 1.35 bits per heavy atom. The number of rotatable bonds is 3. The fourth-order valence-electron chi connectivity index (χ4n) is 2.16. The van der Waals surface area contributed by atoms with Gasteiger partial charge in [-0.15, -0.1) is 0 Å². The van der Waals surface area contributed by atoms with Gasteiger partial charge in [-0.2, -0.15) is 5.10 Å². The van der Waals surface area contributed by atoms with E-state index in [1.165, 1.54) is 23.8 Å². The van der Waals surface area contributed by atoms with Gasteiger partial charge >= 0.3 is 0 Å². The molecular weight excluding hydrogens is 212 g/mol. The molecule has 1 heterocycles. The Kier molecular flexibility index (Phi) is 2.35. The normalized spacial score (nSPS) is 15.8. The Balaban J connectivity index is 2.17. The second kappa shape index (κ2) is 3.76. The van der Waals surface area contributed by atoms with Gasteiger partial charge in [-0.1, -0.05) is 13.8 Å². The summed E-state index contributed by atoms with van der Waals surface area (Å²) in [6, 6.07) is 4.96. The zero-order valence-corrected chi connectivity index (χ0v) is 10.6. The summed E-state index contributed by atoms with van der Waals surface area (Å²) in [5.74, 6) is 1.41. The number of aromatic nitrogens is 2. The van der Waals surface area contributed by atoms with Gasteiger partial charge in [-0.05, 0) is 36.5 Å². The van der Waals surface area contributed by atoms with Crippen molar-refractivity contribution in [3.8, 4) is 5.75 Å². The van der Waals surface area contributed by atoms with E-state index in [1.807, 2.05) is 0 Å². The molecule has 0 radical (unpaired) electrons. The van der Waals surface area contributed by atoms with Gasteiger partial charge in [-0.25, -0.2) is 0 Å². The van der Waals surface area contributed by atoms with Crippen LogP contribution in [-0.4, -0.2) is 16.9 Å². The maximum atomic E-state index is 5.46. The summed E-state index contributed by atoms with van der Waals surface area (Å²) >= 11 is 0. The lowest BCUT2D eigenvalue weighted by atomic mass is 10.0. The number of ether oxygens (including phenoxy) is 1. The van der Waals surface area contributed by atoms with E-state index in [1.54, 1.807) is 7.11 Å². The molecule has 3 rings (SSSR count). The summed E-state index contributed by atoms with van der Waals surface area (Å²) in [6.45, 7) is 4.40. The molecule has 0 saturated heterocycles. The minimum Gasteiger partial charge on any atom is -0.494 e. The summed E-state index contributed by atoms with van der Waals surface area (Å²) in [5.41, 5.74) is 2.30. The summed E-state index contributed by atoms with van der Waals surface area (Å²) < 4.78 is 7.55. The van der Waals surface area contributed by atoms with Crippen LogP contribution in [0.15, 0.2) is 18.3 Å². The highest BCUT2D eigenvalue weighted by atomic mass is 16.5. The zero-order chi connectivity index (χ0) is 12.0. The lowest BCUT2D eigenvalue weighted by Crippen LogP contribution is -1.93. The Labute approximate surface area is 101 Å². The quantitative estimate of drug-likeness (QED) is 0.806. The summed E-state index contributed by atoms with van der Waals surface area (Å²) in [5, 5.41) is 5.83. The van der Waals surface area contributed by atoms with Crippen LogP contribution in [-0.2, 0) is 0 Å². The predicted octanol–water partition coefficient (Wildman–Crippen LogP) is 3.50. The van der Waals surface area contributed by atoms with Crippen LogP contribution in [0, 0.1) is 0 Å². The van der Waals surface area contributed by atoms with E-state index in [0.717, 1.165) is 11.3 Å². The van der Waals surface area contributed by atoms with Gasteiger partial charge in [-0.3, -0.25) is 4.68 Å². The molecule has 0 N–H and O–H groups in total. The van der Waals surface area contributed by atoms with Gasteiger partial charge in [0.1, 0.15) is 11.3 Å². The van der Waals surface area contributed by atoms with Crippen molar-refractivity contribution in [2.24, 2.45) is 0 Å². The first-order valence-corrected chi connectivity index (χ1v) is 6.26. The first-order chi connectivity index (χ1) is 8.19. The van der Waals surface area contributed by atoms with Gasteiger partial charge in [0.05, 0.1) is 13.2 Å². The monoisotopic (exact) mass is 230 g/mol. The van der Waals surface area contributed by atoms with E-state index >= 15 is 0 Å². The molecule has 1 aromatic carbocycles. The molecule has 1 aliphatic rings. The lowest BCUT2D eigenvalue weighted by molar-refractivity contribution is 0.417. The van der Waals surface area contributed by atoms with Gasteiger partial charge in [0.25, 0.3) is 0 Å². The summed E-state index contributed by atoms with van der Waals surface area (Å²) in [4.78, 5) is 0. The number of benzene rings is 1.